The molecule has 4 N–H and O–H groups in total. The zero-order chi connectivity index (χ0) is 18.4. The number of rotatable bonds is 2. The molecule has 1 unspecified atom stereocenters. The van der Waals surface area contributed by atoms with Crippen molar-refractivity contribution in [1.82, 2.24) is 5.06 Å². The Bertz CT molecular complexity index is 1060. The van der Waals surface area contributed by atoms with Crippen molar-refractivity contribution in [2.75, 3.05) is 5.32 Å². The molecule has 4 rings (SSSR count). The molecule has 1 amide bonds. The van der Waals surface area contributed by atoms with E-state index in [0.29, 0.717) is 21.5 Å². The molecular formula is C19H14N2O5. The van der Waals surface area contributed by atoms with E-state index in [1.165, 1.54) is 6.07 Å². The van der Waals surface area contributed by atoms with Crippen molar-refractivity contribution in [3.8, 4) is 5.75 Å². The second-order valence-corrected chi connectivity index (χ2v) is 5.95. The van der Waals surface area contributed by atoms with Gasteiger partial charge in [0, 0.05) is 11.3 Å². The van der Waals surface area contributed by atoms with Crippen molar-refractivity contribution >= 4 is 28.3 Å². The number of carbonyl (C=O) groups excluding carboxylic acids is 1. The fourth-order valence-electron chi connectivity index (χ4n) is 3.24. The van der Waals surface area contributed by atoms with E-state index in [-0.39, 0.29) is 16.7 Å². The van der Waals surface area contributed by atoms with Crippen molar-refractivity contribution in [1.29, 1.82) is 0 Å². The molecule has 26 heavy (non-hydrogen) atoms. The smallest absolute Gasteiger partial charge is 0.339 e. The van der Waals surface area contributed by atoms with E-state index in [1.807, 2.05) is 0 Å². The molecule has 0 saturated carbocycles. The fraction of sp³-hybridized carbons (Fsp3) is 0.0526. The summed E-state index contributed by atoms with van der Waals surface area (Å²) in [7, 11) is 0. The van der Waals surface area contributed by atoms with Gasteiger partial charge >= 0.3 is 5.97 Å². The molecular weight excluding hydrogens is 336 g/mol. The van der Waals surface area contributed by atoms with Gasteiger partial charge in [0.15, 0.2) is 6.17 Å². The van der Waals surface area contributed by atoms with Gasteiger partial charge in [-0.3, -0.25) is 10.0 Å². The standard InChI is InChI=1S/C19H14N2O5/c22-16-13(19(24)25)9-10-5-1-2-6-11(10)15(16)17-20-14-8-4-3-7-12(14)18(23)21(17)26/h1-9,17,20,22,26H,(H,24,25). The number of nitrogens with one attached hydrogen (secondary N) is 1. The van der Waals surface area contributed by atoms with Gasteiger partial charge in [-0.15, -0.1) is 0 Å². The third-order valence-corrected chi connectivity index (χ3v) is 4.47. The third-order valence-electron chi connectivity index (χ3n) is 4.47. The zero-order valence-electron chi connectivity index (χ0n) is 13.4. The van der Waals surface area contributed by atoms with Crippen LogP contribution in [0.2, 0.25) is 0 Å². The Morgan fingerprint density at radius 2 is 1.77 bits per heavy atom. The largest absolute Gasteiger partial charge is 0.507 e. The molecule has 7 heteroatoms. The number of amides is 1. The Kier molecular flexibility index (Phi) is 3.52. The van der Waals surface area contributed by atoms with Crippen LogP contribution in [-0.2, 0) is 0 Å². The summed E-state index contributed by atoms with van der Waals surface area (Å²) in [5.74, 6) is -2.45. The van der Waals surface area contributed by atoms with Crippen LogP contribution in [0.4, 0.5) is 5.69 Å². The van der Waals surface area contributed by atoms with Gasteiger partial charge in [-0.25, -0.2) is 4.79 Å². The van der Waals surface area contributed by atoms with Gasteiger partial charge in [0.1, 0.15) is 11.3 Å². The van der Waals surface area contributed by atoms with Crippen LogP contribution in [0.25, 0.3) is 10.8 Å². The number of anilines is 1. The lowest BCUT2D eigenvalue weighted by Gasteiger charge is -2.34. The summed E-state index contributed by atoms with van der Waals surface area (Å²) in [5.41, 5.74) is 0.576. The summed E-state index contributed by atoms with van der Waals surface area (Å²) in [6.45, 7) is 0. The second kappa shape index (κ2) is 5.75. The van der Waals surface area contributed by atoms with E-state index < -0.39 is 23.8 Å². The molecule has 1 aliphatic rings. The number of aromatic hydroxyl groups is 1. The highest BCUT2D eigenvalue weighted by atomic mass is 16.5. The Balaban J connectivity index is 1.98. The summed E-state index contributed by atoms with van der Waals surface area (Å²) in [5, 5.41) is 35.0. The maximum Gasteiger partial charge on any atom is 0.339 e. The SMILES string of the molecule is O=C(O)c1cc2ccccc2c(C2Nc3ccccc3C(=O)N2O)c1O. The molecule has 1 heterocycles. The van der Waals surface area contributed by atoms with E-state index in [0.717, 1.165) is 0 Å². The maximum atomic E-state index is 12.5. The third kappa shape index (κ3) is 2.26. The zero-order valence-corrected chi connectivity index (χ0v) is 13.4. The number of phenols is 1. The normalized spacial score (nSPS) is 16.3. The van der Waals surface area contributed by atoms with Gasteiger partial charge in [-0.2, -0.15) is 5.06 Å². The Hall–Kier alpha value is -3.58. The second-order valence-electron chi connectivity index (χ2n) is 5.95. The number of carboxylic acid groups (broad SMARTS) is 1. The van der Waals surface area contributed by atoms with Crippen molar-refractivity contribution in [2.45, 2.75) is 6.17 Å². The number of hydrogen-bond acceptors (Lipinski definition) is 5. The van der Waals surface area contributed by atoms with Gasteiger partial charge in [-0.1, -0.05) is 36.4 Å². The lowest BCUT2D eigenvalue weighted by molar-refractivity contribution is -0.0851. The summed E-state index contributed by atoms with van der Waals surface area (Å²) in [6.07, 6.45) is -1.14. The average Bonchev–Trinajstić information content (AvgIpc) is 2.64. The quantitative estimate of drug-likeness (QED) is 0.528. The van der Waals surface area contributed by atoms with Gasteiger partial charge in [-0.05, 0) is 29.0 Å². The van der Waals surface area contributed by atoms with E-state index in [2.05, 4.69) is 5.32 Å². The highest BCUT2D eigenvalue weighted by Crippen LogP contribution is 2.41. The summed E-state index contributed by atoms with van der Waals surface area (Å²) < 4.78 is 0. The van der Waals surface area contributed by atoms with Crippen LogP contribution in [-0.4, -0.2) is 32.4 Å². The molecule has 1 atom stereocenters. The molecule has 0 fully saturated rings. The van der Waals surface area contributed by atoms with Crippen molar-refractivity contribution < 1.29 is 25.0 Å². The van der Waals surface area contributed by atoms with E-state index in [1.54, 1.807) is 48.5 Å². The number of hydrogen-bond donors (Lipinski definition) is 4. The number of para-hydroxylation sites is 1. The van der Waals surface area contributed by atoms with E-state index in [9.17, 15) is 25.0 Å². The summed E-state index contributed by atoms with van der Waals surface area (Å²) >= 11 is 0. The highest BCUT2D eigenvalue weighted by molar-refractivity contribution is 6.03. The molecule has 0 aliphatic carbocycles. The van der Waals surface area contributed by atoms with Crippen LogP contribution in [0.3, 0.4) is 0 Å². The van der Waals surface area contributed by atoms with Crippen LogP contribution in [0, 0.1) is 0 Å². The predicted molar refractivity (Wildman–Crippen MR) is 93.3 cm³/mol. The van der Waals surface area contributed by atoms with Crippen molar-refractivity contribution in [3.05, 3.63) is 71.3 Å². The minimum Gasteiger partial charge on any atom is -0.507 e. The Morgan fingerprint density at radius 3 is 2.54 bits per heavy atom. The highest BCUT2D eigenvalue weighted by Gasteiger charge is 2.35. The van der Waals surface area contributed by atoms with E-state index >= 15 is 0 Å². The predicted octanol–water partition coefficient (Wildman–Crippen LogP) is 3.20. The number of carboxylic acids is 1. The molecule has 0 radical (unpaired) electrons. The molecule has 0 bridgehead atoms. The molecule has 1 aliphatic heterocycles. The van der Waals surface area contributed by atoms with Crippen LogP contribution in [0.15, 0.2) is 54.6 Å². The number of fused-ring (bicyclic) bond motifs is 2. The van der Waals surface area contributed by atoms with Crippen LogP contribution >= 0.6 is 0 Å². The molecule has 0 aromatic heterocycles. The van der Waals surface area contributed by atoms with Crippen LogP contribution in [0.5, 0.6) is 5.75 Å². The molecule has 0 saturated heterocycles. The summed E-state index contributed by atoms with van der Waals surface area (Å²) in [6, 6.07) is 14.9. The number of benzene rings is 3. The minimum absolute atomic E-state index is 0.117. The van der Waals surface area contributed by atoms with Gasteiger partial charge in [0.05, 0.1) is 5.56 Å². The molecule has 3 aromatic rings. The van der Waals surface area contributed by atoms with Crippen LogP contribution < -0.4 is 5.32 Å². The average molecular weight is 350 g/mol. The first-order chi connectivity index (χ1) is 12.5. The number of carbonyl (C=O) groups is 2. The Labute approximate surface area is 147 Å². The first kappa shape index (κ1) is 15.9. The first-order valence-corrected chi connectivity index (χ1v) is 7.85. The summed E-state index contributed by atoms with van der Waals surface area (Å²) in [4.78, 5) is 24.0. The lowest BCUT2D eigenvalue weighted by atomic mass is 9.95. The molecule has 0 spiro atoms. The first-order valence-electron chi connectivity index (χ1n) is 7.85. The molecule has 7 nitrogen and oxygen atoms in total. The monoisotopic (exact) mass is 350 g/mol. The van der Waals surface area contributed by atoms with Gasteiger partial charge in [0.2, 0.25) is 0 Å². The van der Waals surface area contributed by atoms with E-state index in [4.69, 9.17) is 0 Å². The maximum absolute atomic E-state index is 12.5. The topological polar surface area (TPSA) is 110 Å². The van der Waals surface area contributed by atoms with Crippen molar-refractivity contribution in [3.63, 3.8) is 0 Å². The number of hydroxylamine groups is 2. The molecule has 3 aromatic carbocycles. The van der Waals surface area contributed by atoms with Gasteiger partial charge < -0.3 is 15.5 Å². The Morgan fingerprint density at radius 1 is 1.08 bits per heavy atom. The number of aromatic carboxylic acids is 1. The number of nitrogens with zero attached hydrogens (tertiary/aromatic N) is 1. The molecule has 130 valence electrons. The van der Waals surface area contributed by atoms with Crippen molar-refractivity contribution in [2.24, 2.45) is 0 Å². The van der Waals surface area contributed by atoms with Crippen LogP contribution in [0.1, 0.15) is 32.4 Å². The lowest BCUT2D eigenvalue weighted by Crippen LogP contribution is -2.40. The fourth-order valence-corrected chi connectivity index (χ4v) is 3.24. The minimum atomic E-state index is -1.30. The van der Waals surface area contributed by atoms with Gasteiger partial charge in [0.25, 0.3) is 5.91 Å².